The number of nitrogens with one attached hydrogen (secondary N) is 2. The topological polar surface area (TPSA) is 126 Å². The molecule has 0 bridgehead atoms. The standard InChI is InChI=1S/C23H19N5O3/c24-12-18-19(15-6-3-7-17(11-15)28(29)30)20-21(26-27-23(20)31-22(18)25)16-9-8-13-4-1-2-5-14(13)10-16/h1-11,19-21,23,26-27H,25H2. The van der Waals surface area contributed by atoms with Gasteiger partial charge in [0.1, 0.15) is 6.07 Å². The molecule has 154 valence electrons. The largest absolute Gasteiger partial charge is 0.458 e. The lowest BCUT2D eigenvalue weighted by atomic mass is 9.74. The predicted octanol–water partition coefficient (Wildman–Crippen LogP) is 3.35. The highest BCUT2D eigenvalue weighted by Gasteiger charge is 2.49. The van der Waals surface area contributed by atoms with Crippen molar-refractivity contribution in [2.24, 2.45) is 11.7 Å². The van der Waals surface area contributed by atoms with Crippen LogP contribution in [-0.2, 0) is 4.74 Å². The number of hydrazine groups is 1. The zero-order valence-electron chi connectivity index (χ0n) is 16.4. The molecule has 0 aliphatic carbocycles. The first-order chi connectivity index (χ1) is 15.1. The fraction of sp³-hybridized carbons (Fsp3) is 0.174. The summed E-state index contributed by atoms with van der Waals surface area (Å²) in [5.41, 5.74) is 14.4. The van der Waals surface area contributed by atoms with Gasteiger partial charge in [0.15, 0.2) is 6.23 Å². The molecule has 31 heavy (non-hydrogen) atoms. The zero-order valence-corrected chi connectivity index (χ0v) is 16.4. The summed E-state index contributed by atoms with van der Waals surface area (Å²) >= 11 is 0. The summed E-state index contributed by atoms with van der Waals surface area (Å²) in [5.74, 6) is -0.679. The summed E-state index contributed by atoms with van der Waals surface area (Å²) < 4.78 is 5.81. The molecular weight excluding hydrogens is 394 g/mol. The first kappa shape index (κ1) is 19.1. The molecule has 5 rings (SSSR count). The predicted molar refractivity (Wildman–Crippen MR) is 114 cm³/mol. The highest BCUT2D eigenvalue weighted by molar-refractivity contribution is 5.83. The first-order valence-electron chi connectivity index (χ1n) is 9.87. The average Bonchev–Trinajstić information content (AvgIpc) is 3.21. The highest BCUT2D eigenvalue weighted by Crippen LogP contribution is 2.48. The van der Waals surface area contributed by atoms with Gasteiger partial charge in [0.25, 0.3) is 5.69 Å². The fourth-order valence-electron chi connectivity index (χ4n) is 4.61. The Kier molecular flexibility index (Phi) is 4.55. The van der Waals surface area contributed by atoms with E-state index in [0.29, 0.717) is 5.56 Å². The first-order valence-corrected chi connectivity index (χ1v) is 9.87. The molecule has 0 saturated carbocycles. The number of nitrogens with zero attached hydrogens (tertiary/aromatic N) is 2. The molecule has 0 amide bonds. The second-order valence-corrected chi connectivity index (χ2v) is 7.71. The van der Waals surface area contributed by atoms with E-state index in [9.17, 15) is 15.4 Å². The number of allylic oxidation sites excluding steroid dienone is 1. The molecule has 4 unspecified atom stereocenters. The van der Waals surface area contributed by atoms with Crippen molar-refractivity contribution in [2.75, 3.05) is 0 Å². The van der Waals surface area contributed by atoms with Crippen molar-refractivity contribution in [3.05, 3.63) is 99.4 Å². The number of nitrogens with two attached hydrogens (primary N) is 1. The van der Waals surface area contributed by atoms with Crippen molar-refractivity contribution in [1.82, 2.24) is 10.9 Å². The minimum Gasteiger partial charge on any atom is -0.458 e. The summed E-state index contributed by atoms with van der Waals surface area (Å²) in [6, 6.07) is 22.6. The van der Waals surface area contributed by atoms with Gasteiger partial charge >= 0.3 is 0 Å². The van der Waals surface area contributed by atoms with Gasteiger partial charge in [-0.25, -0.2) is 10.9 Å². The van der Waals surface area contributed by atoms with Gasteiger partial charge in [0.05, 0.1) is 16.5 Å². The molecular formula is C23H19N5O3. The third-order valence-corrected chi connectivity index (χ3v) is 6.02. The number of nitriles is 1. The third-order valence-electron chi connectivity index (χ3n) is 6.02. The maximum Gasteiger partial charge on any atom is 0.269 e. The Labute approximate surface area is 178 Å². The van der Waals surface area contributed by atoms with Crippen LogP contribution in [0.3, 0.4) is 0 Å². The minimum atomic E-state index is -0.488. The van der Waals surface area contributed by atoms with Gasteiger partial charge in [-0.05, 0) is 28.0 Å². The van der Waals surface area contributed by atoms with Crippen LogP contribution in [0, 0.1) is 27.4 Å². The van der Waals surface area contributed by atoms with E-state index in [2.05, 4.69) is 35.1 Å². The van der Waals surface area contributed by atoms with Crippen LogP contribution in [0.25, 0.3) is 10.8 Å². The van der Waals surface area contributed by atoms with E-state index < -0.39 is 17.1 Å². The van der Waals surface area contributed by atoms with Crippen LogP contribution in [0.15, 0.2) is 78.2 Å². The fourth-order valence-corrected chi connectivity index (χ4v) is 4.61. The maximum absolute atomic E-state index is 11.3. The van der Waals surface area contributed by atoms with Crippen molar-refractivity contribution >= 4 is 16.5 Å². The Hall–Kier alpha value is -3.93. The van der Waals surface area contributed by atoms with E-state index in [1.807, 2.05) is 24.3 Å². The Morgan fingerprint density at radius 1 is 1.00 bits per heavy atom. The van der Waals surface area contributed by atoms with Gasteiger partial charge in [0.2, 0.25) is 5.88 Å². The number of hydrogen-bond acceptors (Lipinski definition) is 7. The van der Waals surface area contributed by atoms with Crippen LogP contribution in [-0.4, -0.2) is 11.2 Å². The van der Waals surface area contributed by atoms with Crippen molar-refractivity contribution in [2.45, 2.75) is 18.2 Å². The summed E-state index contributed by atoms with van der Waals surface area (Å²) in [6.07, 6.45) is -0.488. The molecule has 4 atom stereocenters. The second kappa shape index (κ2) is 7.40. The summed E-state index contributed by atoms with van der Waals surface area (Å²) in [7, 11) is 0. The Bertz CT molecular complexity index is 1270. The van der Waals surface area contributed by atoms with Gasteiger partial charge < -0.3 is 10.5 Å². The van der Waals surface area contributed by atoms with E-state index >= 15 is 0 Å². The van der Waals surface area contributed by atoms with Gasteiger partial charge in [-0.2, -0.15) is 5.26 Å². The average molecular weight is 413 g/mol. The quantitative estimate of drug-likeness (QED) is 0.444. The van der Waals surface area contributed by atoms with Crippen LogP contribution >= 0.6 is 0 Å². The number of fused-ring (bicyclic) bond motifs is 2. The smallest absolute Gasteiger partial charge is 0.269 e. The molecule has 2 aliphatic heterocycles. The lowest BCUT2D eigenvalue weighted by Gasteiger charge is -2.35. The van der Waals surface area contributed by atoms with Crippen molar-refractivity contribution in [3.8, 4) is 6.07 Å². The van der Waals surface area contributed by atoms with Gasteiger partial charge in [-0.1, -0.05) is 48.5 Å². The minimum absolute atomic E-state index is 0.0300. The molecule has 4 N–H and O–H groups in total. The van der Waals surface area contributed by atoms with Gasteiger partial charge in [0, 0.05) is 24.0 Å². The third kappa shape index (κ3) is 3.17. The van der Waals surface area contributed by atoms with E-state index in [-0.39, 0.29) is 29.1 Å². The monoisotopic (exact) mass is 413 g/mol. The van der Waals surface area contributed by atoms with Crippen LogP contribution < -0.4 is 16.6 Å². The van der Waals surface area contributed by atoms with E-state index in [1.165, 1.54) is 12.1 Å². The van der Waals surface area contributed by atoms with E-state index in [4.69, 9.17) is 10.5 Å². The molecule has 1 fully saturated rings. The van der Waals surface area contributed by atoms with Crippen LogP contribution in [0.1, 0.15) is 23.1 Å². The van der Waals surface area contributed by atoms with Crippen molar-refractivity contribution in [1.29, 1.82) is 5.26 Å². The van der Waals surface area contributed by atoms with Crippen molar-refractivity contribution < 1.29 is 9.66 Å². The molecule has 2 aliphatic rings. The van der Waals surface area contributed by atoms with Crippen molar-refractivity contribution in [3.63, 3.8) is 0 Å². The second-order valence-electron chi connectivity index (χ2n) is 7.71. The normalized spacial score (nSPS) is 25.0. The highest BCUT2D eigenvalue weighted by atomic mass is 16.6. The number of rotatable bonds is 3. The Balaban J connectivity index is 1.63. The van der Waals surface area contributed by atoms with E-state index in [0.717, 1.165) is 16.3 Å². The number of non-ortho nitro benzene ring substituents is 1. The zero-order chi connectivity index (χ0) is 21.5. The summed E-state index contributed by atoms with van der Waals surface area (Å²) in [5, 5.41) is 23.4. The van der Waals surface area contributed by atoms with E-state index in [1.54, 1.807) is 12.1 Å². The molecule has 3 aromatic carbocycles. The maximum atomic E-state index is 11.3. The lowest BCUT2D eigenvalue weighted by Crippen LogP contribution is -2.41. The number of nitro groups is 1. The number of benzene rings is 3. The number of nitro benzene ring substituents is 1. The van der Waals surface area contributed by atoms with Crippen LogP contribution in [0.5, 0.6) is 0 Å². The summed E-state index contributed by atoms with van der Waals surface area (Å²) in [4.78, 5) is 10.9. The van der Waals surface area contributed by atoms with Gasteiger partial charge in [-0.3, -0.25) is 10.1 Å². The number of hydrogen-bond donors (Lipinski definition) is 3. The molecule has 0 spiro atoms. The molecule has 3 aromatic rings. The molecule has 2 heterocycles. The SMILES string of the molecule is N#CC1=C(N)OC2NNC(c3ccc4ccccc4c3)C2C1c1cccc([N+](=O)[O-])c1. The summed E-state index contributed by atoms with van der Waals surface area (Å²) in [6.45, 7) is 0. The molecule has 0 aromatic heterocycles. The Morgan fingerprint density at radius 2 is 1.81 bits per heavy atom. The molecule has 8 nitrogen and oxygen atoms in total. The van der Waals surface area contributed by atoms with Crippen LogP contribution in [0.4, 0.5) is 5.69 Å². The molecule has 1 saturated heterocycles. The number of ether oxygens (including phenoxy) is 1. The van der Waals surface area contributed by atoms with Crippen LogP contribution in [0.2, 0.25) is 0 Å². The molecule has 0 radical (unpaired) electrons. The molecule has 8 heteroatoms. The Morgan fingerprint density at radius 3 is 2.58 bits per heavy atom. The lowest BCUT2D eigenvalue weighted by molar-refractivity contribution is -0.384. The van der Waals surface area contributed by atoms with Gasteiger partial charge in [-0.15, -0.1) is 0 Å².